The topological polar surface area (TPSA) is 89.8 Å². The molecule has 7 heteroatoms. The summed E-state index contributed by atoms with van der Waals surface area (Å²) in [5.74, 6) is 0.266. The summed E-state index contributed by atoms with van der Waals surface area (Å²) in [6, 6.07) is 10.8. The number of rotatable bonds is 3. The Morgan fingerprint density at radius 2 is 1.94 bits per heavy atom. The van der Waals surface area contributed by atoms with Crippen LogP contribution in [0.4, 0.5) is 10.2 Å². The van der Waals surface area contributed by atoms with E-state index in [1.807, 2.05) is 4.68 Å². The molecule has 0 bridgehead atoms. The van der Waals surface area contributed by atoms with Crippen molar-refractivity contribution >= 4 is 16.9 Å². The summed E-state index contributed by atoms with van der Waals surface area (Å²) >= 11 is 0. The van der Waals surface area contributed by atoms with Crippen LogP contribution in [0.15, 0.2) is 42.7 Å². The highest BCUT2D eigenvalue weighted by atomic mass is 19.1. The molecule has 156 valence electrons. The van der Waals surface area contributed by atoms with Gasteiger partial charge in [-0.1, -0.05) is 18.2 Å². The molecule has 6 nitrogen and oxygen atoms in total. The average molecular weight is 415 g/mol. The highest BCUT2D eigenvalue weighted by Gasteiger charge is 2.30. The number of hydrogen-bond acceptors (Lipinski definition) is 5. The molecule has 3 N–H and O–H groups in total. The van der Waals surface area contributed by atoms with Crippen LogP contribution in [0.2, 0.25) is 0 Å². The number of fused-ring (bicyclic) bond motifs is 2. The van der Waals surface area contributed by atoms with Gasteiger partial charge >= 0.3 is 0 Å². The normalized spacial score (nSPS) is 18.3. The van der Waals surface area contributed by atoms with E-state index in [0.29, 0.717) is 28.2 Å². The maximum Gasteiger partial charge on any atom is 0.164 e. The number of phenolic OH excluding ortho intramolecular Hbond substituents is 1. The molecule has 2 aromatic carbocycles. The van der Waals surface area contributed by atoms with Crippen molar-refractivity contribution in [3.63, 3.8) is 0 Å². The lowest BCUT2D eigenvalue weighted by atomic mass is 9.86. The molecule has 0 spiro atoms. The van der Waals surface area contributed by atoms with E-state index in [2.05, 4.69) is 28.2 Å². The molecular weight excluding hydrogens is 393 g/mol. The lowest BCUT2D eigenvalue weighted by molar-refractivity contribution is 0.458. The first-order chi connectivity index (χ1) is 15.1. The summed E-state index contributed by atoms with van der Waals surface area (Å²) in [6.45, 7) is 0. The van der Waals surface area contributed by atoms with Crippen molar-refractivity contribution in [3.8, 4) is 17.0 Å². The third-order valence-electron chi connectivity index (χ3n) is 6.53. The largest absolute Gasteiger partial charge is 0.507 e. The van der Waals surface area contributed by atoms with Crippen LogP contribution < -0.4 is 5.73 Å². The number of aromatic nitrogens is 4. The molecule has 2 aromatic heterocycles. The molecule has 1 atom stereocenters. The summed E-state index contributed by atoms with van der Waals surface area (Å²) in [7, 11) is 0. The highest BCUT2D eigenvalue weighted by Crippen LogP contribution is 2.44. The van der Waals surface area contributed by atoms with Crippen molar-refractivity contribution in [1.29, 1.82) is 0 Å². The summed E-state index contributed by atoms with van der Waals surface area (Å²) in [4.78, 5) is 8.65. The number of nitrogens with zero attached hydrogens (tertiary/aromatic N) is 4. The van der Waals surface area contributed by atoms with Crippen molar-refractivity contribution in [1.82, 2.24) is 19.7 Å². The maximum absolute atomic E-state index is 13.6. The first-order valence-corrected chi connectivity index (χ1v) is 10.7. The lowest BCUT2D eigenvalue weighted by Gasteiger charge is -2.27. The third kappa shape index (κ3) is 2.95. The molecule has 1 fully saturated rings. The van der Waals surface area contributed by atoms with Crippen molar-refractivity contribution in [2.45, 2.75) is 44.1 Å². The van der Waals surface area contributed by atoms with Crippen LogP contribution >= 0.6 is 0 Å². The van der Waals surface area contributed by atoms with Crippen LogP contribution in [-0.4, -0.2) is 24.9 Å². The number of phenols is 1. The van der Waals surface area contributed by atoms with Gasteiger partial charge in [0.2, 0.25) is 0 Å². The van der Waals surface area contributed by atoms with Gasteiger partial charge in [-0.25, -0.2) is 19.0 Å². The molecular formula is C24H22FN5O. The zero-order chi connectivity index (χ0) is 21.1. The van der Waals surface area contributed by atoms with E-state index in [-0.39, 0.29) is 17.6 Å². The third-order valence-corrected chi connectivity index (χ3v) is 6.53. The minimum atomic E-state index is -0.511. The second-order valence-electron chi connectivity index (χ2n) is 8.55. The molecule has 0 amide bonds. The summed E-state index contributed by atoms with van der Waals surface area (Å²) in [5, 5.41) is 15.9. The van der Waals surface area contributed by atoms with Crippen molar-refractivity contribution in [3.05, 3.63) is 65.2 Å². The fourth-order valence-corrected chi connectivity index (χ4v) is 4.82. The fourth-order valence-electron chi connectivity index (χ4n) is 4.82. The SMILES string of the molecule is Nc1ncnc2c1c(-c1ccc(F)cc1O)nn2C1CCCc2ccc(C3CC3)cc21. The molecule has 2 aliphatic rings. The molecule has 0 aliphatic heterocycles. The Balaban J connectivity index is 1.57. The van der Waals surface area contributed by atoms with E-state index >= 15 is 0 Å². The number of nitrogen functional groups attached to an aromatic ring is 1. The monoisotopic (exact) mass is 415 g/mol. The van der Waals surface area contributed by atoms with Gasteiger partial charge in [-0.15, -0.1) is 0 Å². The Kier molecular flexibility index (Phi) is 4.00. The molecule has 31 heavy (non-hydrogen) atoms. The Morgan fingerprint density at radius 1 is 1.06 bits per heavy atom. The van der Waals surface area contributed by atoms with Crippen molar-refractivity contribution < 1.29 is 9.50 Å². The molecule has 4 aromatic rings. The first-order valence-electron chi connectivity index (χ1n) is 10.7. The highest BCUT2D eigenvalue weighted by molar-refractivity contribution is 5.99. The quantitative estimate of drug-likeness (QED) is 0.505. The van der Waals surface area contributed by atoms with Gasteiger partial charge in [0.15, 0.2) is 5.65 Å². The number of anilines is 1. The first kappa shape index (κ1) is 18.3. The summed E-state index contributed by atoms with van der Waals surface area (Å²) in [6.07, 6.45) is 7.00. The van der Waals surface area contributed by atoms with Crippen LogP contribution in [0.25, 0.3) is 22.3 Å². The van der Waals surface area contributed by atoms with Crippen LogP contribution in [0.1, 0.15) is 54.3 Å². The van der Waals surface area contributed by atoms with E-state index < -0.39 is 5.82 Å². The van der Waals surface area contributed by atoms with Gasteiger partial charge in [0.25, 0.3) is 0 Å². The summed E-state index contributed by atoms with van der Waals surface area (Å²) in [5.41, 5.74) is 11.8. The van der Waals surface area contributed by atoms with Crippen molar-refractivity contribution in [2.75, 3.05) is 5.73 Å². The van der Waals surface area contributed by atoms with Crippen LogP contribution in [0.5, 0.6) is 5.75 Å². The van der Waals surface area contributed by atoms with E-state index in [1.54, 1.807) is 0 Å². The number of benzene rings is 2. The molecule has 1 unspecified atom stereocenters. The molecule has 0 radical (unpaired) electrons. The fraction of sp³-hybridized carbons (Fsp3) is 0.292. The van der Waals surface area contributed by atoms with Gasteiger partial charge < -0.3 is 10.8 Å². The minimum Gasteiger partial charge on any atom is -0.507 e. The van der Waals surface area contributed by atoms with Gasteiger partial charge in [0.1, 0.15) is 29.4 Å². The van der Waals surface area contributed by atoms with E-state index in [1.165, 1.54) is 48.0 Å². The van der Waals surface area contributed by atoms with Crippen LogP contribution in [-0.2, 0) is 6.42 Å². The van der Waals surface area contributed by atoms with Gasteiger partial charge in [0, 0.05) is 11.6 Å². The van der Waals surface area contributed by atoms with Crippen LogP contribution in [0.3, 0.4) is 0 Å². The smallest absolute Gasteiger partial charge is 0.164 e. The molecule has 2 heterocycles. The zero-order valence-corrected chi connectivity index (χ0v) is 16.9. The number of nitrogens with two attached hydrogens (primary N) is 1. The van der Waals surface area contributed by atoms with Gasteiger partial charge in [-0.05, 0) is 66.8 Å². The Bertz CT molecular complexity index is 1330. The predicted molar refractivity (Wildman–Crippen MR) is 116 cm³/mol. The second kappa shape index (κ2) is 6.77. The van der Waals surface area contributed by atoms with Gasteiger partial charge in [0.05, 0.1) is 11.4 Å². The number of halogens is 1. The van der Waals surface area contributed by atoms with E-state index in [0.717, 1.165) is 25.3 Å². The zero-order valence-electron chi connectivity index (χ0n) is 16.9. The standard InChI is InChI=1S/C24H22FN5O/c25-16-8-9-17(20(31)11-16)22-21-23(26)27-12-28-24(21)30(29-22)19-3-1-2-14-6-7-15(10-18(14)19)13-4-5-13/h6-13,19,31H,1-5H2,(H2,26,27,28). The molecule has 6 rings (SSSR count). The number of aryl methyl sites for hydroxylation is 1. The molecule has 2 aliphatic carbocycles. The lowest BCUT2D eigenvalue weighted by Crippen LogP contribution is -2.19. The van der Waals surface area contributed by atoms with E-state index in [9.17, 15) is 9.50 Å². The van der Waals surface area contributed by atoms with E-state index in [4.69, 9.17) is 10.8 Å². The predicted octanol–water partition coefficient (Wildman–Crippen LogP) is 4.72. The number of aromatic hydroxyl groups is 1. The van der Waals surface area contributed by atoms with Gasteiger partial charge in [-0.2, -0.15) is 5.10 Å². The minimum absolute atomic E-state index is 0.0237. The Hall–Kier alpha value is -3.48. The van der Waals surface area contributed by atoms with Crippen LogP contribution in [0, 0.1) is 5.82 Å². The average Bonchev–Trinajstić information content (AvgIpc) is 3.54. The summed E-state index contributed by atoms with van der Waals surface area (Å²) < 4.78 is 15.5. The molecule has 1 saturated carbocycles. The second-order valence-corrected chi connectivity index (χ2v) is 8.55. The number of hydrogen-bond donors (Lipinski definition) is 2. The Morgan fingerprint density at radius 3 is 2.74 bits per heavy atom. The van der Waals surface area contributed by atoms with Crippen molar-refractivity contribution in [2.24, 2.45) is 0 Å². The molecule has 0 saturated heterocycles. The van der Waals surface area contributed by atoms with Gasteiger partial charge in [-0.3, -0.25) is 0 Å². The Labute approximate surface area is 178 Å². The maximum atomic E-state index is 13.6.